The van der Waals surface area contributed by atoms with Crippen molar-refractivity contribution in [3.05, 3.63) is 60.2 Å². The molecule has 0 aliphatic carbocycles. The number of hydrogen-bond acceptors (Lipinski definition) is 0. The van der Waals surface area contributed by atoms with Crippen molar-refractivity contribution in [3.63, 3.8) is 0 Å². The molecule has 0 atom stereocenters. The molecule has 0 unspecified atom stereocenters. The van der Waals surface area contributed by atoms with Crippen LogP contribution in [0.15, 0.2) is 54.6 Å². The zero-order valence-corrected chi connectivity index (χ0v) is 9.11. The lowest BCUT2D eigenvalue weighted by atomic mass is 9.97. The van der Waals surface area contributed by atoms with Crippen molar-refractivity contribution in [2.24, 2.45) is 0 Å². The first-order valence-corrected chi connectivity index (χ1v) is 5.59. The van der Waals surface area contributed by atoms with Crippen LogP contribution in [0.3, 0.4) is 0 Å². The van der Waals surface area contributed by atoms with Gasteiger partial charge in [-0.1, -0.05) is 48.5 Å². The fraction of sp³-hybridized carbons (Fsp3) is 0.0667. The second-order valence-corrected chi connectivity index (χ2v) is 4.05. The highest BCUT2D eigenvalue weighted by atomic mass is 14.5. The minimum absolute atomic E-state index is 0.835. The normalized spacial score (nSPS) is 11.1. The molecule has 78 valence electrons. The summed E-state index contributed by atoms with van der Waals surface area (Å²) < 4.78 is 0. The van der Waals surface area contributed by atoms with Gasteiger partial charge in [0.25, 0.3) is 0 Å². The molecule has 0 saturated heterocycles. The summed E-state index contributed by atoms with van der Waals surface area (Å²) >= 11 is 0. The topological polar surface area (TPSA) is 27.6 Å². The van der Waals surface area contributed by atoms with E-state index in [0.717, 1.165) is 6.54 Å². The average molecular weight is 208 g/mol. The van der Waals surface area contributed by atoms with Gasteiger partial charge >= 0.3 is 0 Å². The van der Waals surface area contributed by atoms with Crippen LogP contribution in [0.4, 0.5) is 0 Å². The minimum Gasteiger partial charge on any atom is -0.354 e. The molecule has 1 heteroatoms. The summed E-state index contributed by atoms with van der Waals surface area (Å²) in [5.74, 6) is 0. The number of benzene rings is 3. The van der Waals surface area contributed by atoms with Crippen molar-refractivity contribution in [1.82, 2.24) is 0 Å². The standard InChI is InChI=1S/C15H13N/c16-10-15-13-7-3-1-5-11(13)9-12-6-2-4-8-14(12)15/h1-9H,10,16H2/p+1. The molecule has 3 aromatic rings. The third-order valence-electron chi connectivity index (χ3n) is 3.13. The Hall–Kier alpha value is -1.86. The highest BCUT2D eigenvalue weighted by molar-refractivity contribution is 6.02. The Bertz CT molecular complexity index is 602. The van der Waals surface area contributed by atoms with E-state index in [0.29, 0.717) is 0 Å². The maximum absolute atomic E-state index is 4.06. The third-order valence-corrected chi connectivity index (χ3v) is 3.13. The quantitative estimate of drug-likeness (QED) is 0.595. The molecular weight excluding hydrogens is 194 g/mol. The van der Waals surface area contributed by atoms with Crippen LogP contribution in [0, 0.1) is 0 Å². The SMILES string of the molecule is [NH3+]Cc1c2ccccc2cc2ccccc12. The zero-order chi connectivity index (χ0) is 11.0. The van der Waals surface area contributed by atoms with E-state index >= 15 is 0 Å². The molecule has 0 spiro atoms. The molecule has 0 fully saturated rings. The molecule has 0 heterocycles. The molecule has 0 radical (unpaired) electrons. The molecule has 0 amide bonds. The molecule has 3 N–H and O–H groups in total. The molecule has 16 heavy (non-hydrogen) atoms. The third kappa shape index (κ3) is 1.29. The van der Waals surface area contributed by atoms with Gasteiger partial charge in [0, 0.05) is 5.56 Å². The van der Waals surface area contributed by atoms with Crippen LogP contribution >= 0.6 is 0 Å². The van der Waals surface area contributed by atoms with E-state index in [1.54, 1.807) is 0 Å². The van der Waals surface area contributed by atoms with E-state index in [9.17, 15) is 0 Å². The Morgan fingerprint density at radius 2 is 1.25 bits per heavy atom. The van der Waals surface area contributed by atoms with Gasteiger partial charge in [0.2, 0.25) is 0 Å². The second-order valence-electron chi connectivity index (χ2n) is 4.05. The van der Waals surface area contributed by atoms with Gasteiger partial charge in [0.15, 0.2) is 0 Å². The summed E-state index contributed by atoms with van der Waals surface area (Å²) in [4.78, 5) is 0. The number of quaternary nitrogens is 1. The first-order valence-electron chi connectivity index (χ1n) is 5.59. The molecule has 3 rings (SSSR count). The zero-order valence-electron chi connectivity index (χ0n) is 9.11. The largest absolute Gasteiger partial charge is 0.354 e. The molecule has 0 aliphatic heterocycles. The smallest absolute Gasteiger partial charge is 0.101 e. The van der Waals surface area contributed by atoms with Gasteiger partial charge in [0.05, 0.1) is 0 Å². The van der Waals surface area contributed by atoms with Gasteiger partial charge in [-0.3, -0.25) is 0 Å². The van der Waals surface area contributed by atoms with Gasteiger partial charge < -0.3 is 5.73 Å². The lowest BCUT2D eigenvalue weighted by Gasteiger charge is -2.07. The van der Waals surface area contributed by atoms with E-state index in [2.05, 4.69) is 60.3 Å². The van der Waals surface area contributed by atoms with Crippen LogP contribution in [-0.4, -0.2) is 0 Å². The average Bonchev–Trinajstić information content (AvgIpc) is 2.36. The molecular formula is C15H14N+. The molecule has 0 aromatic heterocycles. The van der Waals surface area contributed by atoms with Gasteiger partial charge in [-0.25, -0.2) is 0 Å². The molecule has 0 aliphatic rings. The van der Waals surface area contributed by atoms with Crippen LogP contribution in [-0.2, 0) is 6.54 Å². The van der Waals surface area contributed by atoms with Gasteiger partial charge in [0.1, 0.15) is 6.54 Å². The fourth-order valence-electron chi connectivity index (χ4n) is 2.38. The second kappa shape index (κ2) is 3.62. The summed E-state index contributed by atoms with van der Waals surface area (Å²) in [6.07, 6.45) is 0. The summed E-state index contributed by atoms with van der Waals surface area (Å²) in [6, 6.07) is 19.3. The number of rotatable bonds is 1. The van der Waals surface area contributed by atoms with E-state index < -0.39 is 0 Å². The van der Waals surface area contributed by atoms with E-state index in [-0.39, 0.29) is 0 Å². The molecule has 3 aromatic carbocycles. The van der Waals surface area contributed by atoms with Gasteiger partial charge in [-0.05, 0) is 27.6 Å². The summed E-state index contributed by atoms with van der Waals surface area (Å²) in [7, 11) is 0. The molecule has 0 saturated carbocycles. The van der Waals surface area contributed by atoms with Gasteiger partial charge in [-0.15, -0.1) is 0 Å². The van der Waals surface area contributed by atoms with Crippen LogP contribution in [0.2, 0.25) is 0 Å². The Morgan fingerprint density at radius 1 is 0.750 bits per heavy atom. The lowest BCUT2D eigenvalue weighted by molar-refractivity contribution is -0.385. The maximum atomic E-state index is 4.06. The Morgan fingerprint density at radius 3 is 1.75 bits per heavy atom. The highest BCUT2D eigenvalue weighted by Crippen LogP contribution is 2.27. The van der Waals surface area contributed by atoms with Crippen LogP contribution in [0.5, 0.6) is 0 Å². The van der Waals surface area contributed by atoms with Crippen LogP contribution in [0.25, 0.3) is 21.5 Å². The first-order chi connectivity index (χ1) is 7.90. The van der Waals surface area contributed by atoms with Crippen molar-refractivity contribution in [1.29, 1.82) is 0 Å². The van der Waals surface area contributed by atoms with Gasteiger partial charge in [-0.2, -0.15) is 0 Å². The Labute approximate surface area is 94.5 Å². The van der Waals surface area contributed by atoms with E-state index in [4.69, 9.17) is 0 Å². The predicted molar refractivity (Wildman–Crippen MR) is 68.0 cm³/mol. The van der Waals surface area contributed by atoms with Crippen LogP contribution in [0.1, 0.15) is 5.56 Å². The van der Waals surface area contributed by atoms with Crippen molar-refractivity contribution in [2.75, 3.05) is 0 Å². The van der Waals surface area contributed by atoms with E-state index in [1.807, 2.05) is 0 Å². The van der Waals surface area contributed by atoms with Crippen molar-refractivity contribution < 1.29 is 5.73 Å². The van der Waals surface area contributed by atoms with E-state index in [1.165, 1.54) is 27.1 Å². The molecule has 0 bridgehead atoms. The predicted octanol–water partition coefficient (Wildman–Crippen LogP) is 2.73. The summed E-state index contributed by atoms with van der Waals surface area (Å²) in [5, 5.41) is 5.27. The Kier molecular flexibility index (Phi) is 2.12. The summed E-state index contributed by atoms with van der Waals surface area (Å²) in [6.45, 7) is 0.835. The fourth-order valence-corrected chi connectivity index (χ4v) is 2.38. The summed E-state index contributed by atoms with van der Waals surface area (Å²) in [5.41, 5.74) is 5.41. The maximum Gasteiger partial charge on any atom is 0.101 e. The minimum atomic E-state index is 0.835. The monoisotopic (exact) mass is 208 g/mol. The van der Waals surface area contributed by atoms with Crippen molar-refractivity contribution >= 4 is 21.5 Å². The highest BCUT2D eigenvalue weighted by Gasteiger charge is 2.06. The van der Waals surface area contributed by atoms with Crippen molar-refractivity contribution in [2.45, 2.75) is 6.54 Å². The first kappa shape index (κ1) is 9.37. The molecule has 1 nitrogen and oxygen atoms in total. The number of fused-ring (bicyclic) bond motifs is 2. The Balaban J connectivity index is 2.56. The van der Waals surface area contributed by atoms with Crippen LogP contribution < -0.4 is 5.73 Å². The number of hydrogen-bond donors (Lipinski definition) is 1. The van der Waals surface area contributed by atoms with Crippen molar-refractivity contribution in [3.8, 4) is 0 Å². The lowest BCUT2D eigenvalue weighted by Crippen LogP contribution is -2.47.